The summed E-state index contributed by atoms with van der Waals surface area (Å²) in [6, 6.07) is 9.79. The number of amides is 2. The number of rotatable bonds is 8. The fourth-order valence-electron chi connectivity index (χ4n) is 3.72. The molecule has 1 saturated carbocycles. The maximum atomic E-state index is 12.6. The summed E-state index contributed by atoms with van der Waals surface area (Å²) in [6.45, 7) is 3.60. The van der Waals surface area contributed by atoms with Gasteiger partial charge in [0.15, 0.2) is 0 Å². The van der Waals surface area contributed by atoms with Gasteiger partial charge in [-0.2, -0.15) is 0 Å². The Hall–Kier alpha value is -2.42. The van der Waals surface area contributed by atoms with Crippen molar-refractivity contribution in [2.24, 2.45) is 5.92 Å². The third-order valence-corrected chi connectivity index (χ3v) is 7.60. The highest BCUT2D eigenvalue weighted by molar-refractivity contribution is 7.89. The van der Waals surface area contributed by atoms with E-state index < -0.39 is 10.0 Å². The number of sulfonamides is 1. The number of halogens is 1. The molecule has 0 aliphatic heterocycles. The van der Waals surface area contributed by atoms with Gasteiger partial charge in [-0.1, -0.05) is 24.4 Å². The highest BCUT2D eigenvalue weighted by atomic mass is 35.5. The first kappa shape index (κ1) is 24.2. The SMILES string of the molecule is Cc1cc(S(=O)(=O)NCCNC(=O)c2ccc(NC(=O)C3CCCC3)cc2)c(C)cc1Cl. The zero-order valence-corrected chi connectivity index (χ0v) is 19.8. The quantitative estimate of drug-likeness (QED) is 0.503. The predicted octanol–water partition coefficient (Wildman–Crippen LogP) is 3.79. The molecule has 1 fully saturated rings. The summed E-state index contributed by atoms with van der Waals surface area (Å²) in [7, 11) is -3.72. The fourth-order valence-corrected chi connectivity index (χ4v) is 5.28. The largest absolute Gasteiger partial charge is 0.351 e. The van der Waals surface area contributed by atoms with Gasteiger partial charge in [-0.3, -0.25) is 9.59 Å². The molecule has 1 aliphatic carbocycles. The summed E-state index contributed by atoms with van der Waals surface area (Å²) in [6.07, 6.45) is 4.03. The van der Waals surface area contributed by atoms with Gasteiger partial charge in [0.25, 0.3) is 5.91 Å². The van der Waals surface area contributed by atoms with Crippen LogP contribution in [0.2, 0.25) is 5.02 Å². The van der Waals surface area contributed by atoms with Gasteiger partial charge in [-0.05, 0) is 74.2 Å². The number of hydrogen-bond acceptors (Lipinski definition) is 4. The Bertz CT molecular complexity index is 1090. The summed E-state index contributed by atoms with van der Waals surface area (Å²) in [5, 5.41) is 6.09. The molecule has 2 amide bonds. The maximum Gasteiger partial charge on any atom is 0.251 e. The van der Waals surface area contributed by atoms with Crippen molar-refractivity contribution in [2.75, 3.05) is 18.4 Å². The third kappa shape index (κ3) is 6.09. The average Bonchev–Trinajstić information content (AvgIpc) is 3.29. The van der Waals surface area contributed by atoms with E-state index in [1.165, 1.54) is 6.07 Å². The van der Waals surface area contributed by atoms with Crippen LogP contribution in [0.3, 0.4) is 0 Å². The lowest BCUT2D eigenvalue weighted by Crippen LogP contribution is -2.35. The van der Waals surface area contributed by atoms with E-state index in [1.54, 1.807) is 44.2 Å². The molecule has 9 heteroatoms. The first-order valence-electron chi connectivity index (χ1n) is 10.6. The Morgan fingerprint density at radius 2 is 1.66 bits per heavy atom. The lowest BCUT2D eigenvalue weighted by Gasteiger charge is -2.12. The molecule has 0 unspecified atom stereocenters. The van der Waals surface area contributed by atoms with Crippen molar-refractivity contribution in [3.63, 3.8) is 0 Å². The van der Waals surface area contributed by atoms with Crippen molar-refractivity contribution in [3.8, 4) is 0 Å². The predicted molar refractivity (Wildman–Crippen MR) is 125 cm³/mol. The second-order valence-electron chi connectivity index (χ2n) is 8.07. The molecule has 0 bridgehead atoms. The van der Waals surface area contributed by atoms with Crippen molar-refractivity contribution in [1.82, 2.24) is 10.0 Å². The van der Waals surface area contributed by atoms with Crippen LogP contribution in [0.4, 0.5) is 5.69 Å². The number of aryl methyl sites for hydroxylation is 2. The van der Waals surface area contributed by atoms with Gasteiger partial charge in [0.2, 0.25) is 15.9 Å². The summed E-state index contributed by atoms with van der Waals surface area (Å²) in [5.41, 5.74) is 2.31. The van der Waals surface area contributed by atoms with Crippen molar-refractivity contribution in [1.29, 1.82) is 0 Å². The van der Waals surface area contributed by atoms with Crippen LogP contribution in [0, 0.1) is 19.8 Å². The first-order valence-corrected chi connectivity index (χ1v) is 12.5. The molecule has 7 nitrogen and oxygen atoms in total. The minimum atomic E-state index is -3.72. The number of carbonyl (C=O) groups is 2. The molecule has 3 N–H and O–H groups in total. The second-order valence-corrected chi connectivity index (χ2v) is 10.2. The number of carbonyl (C=O) groups excluding carboxylic acids is 2. The van der Waals surface area contributed by atoms with Crippen LogP contribution in [0.15, 0.2) is 41.3 Å². The van der Waals surface area contributed by atoms with Crippen LogP contribution in [0.1, 0.15) is 47.2 Å². The number of hydrogen-bond donors (Lipinski definition) is 3. The van der Waals surface area contributed by atoms with Gasteiger partial charge in [-0.15, -0.1) is 0 Å². The molecule has 2 aromatic rings. The minimum absolute atomic E-state index is 0.0260. The maximum absolute atomic E-state index is 12.6. The number of anilines is 1. The van der Waals surface area contributed by atoms with E-state index in [4.69, 9.17) is 11.6 Å². The summed E-state index contributed by atoms with van der Waals surface area (Å²) in [4.78, 5) is 24.7. The van der Waals surface area contributed by atoms with E-state index in [-0.39, 0.29) is 35.7 Å². The summed E-state index contributed by atoms with van der Waals surface area (Å²) in [5.74, 6) is -0.225. The molecular formula is C23H28ClN3O4S. The van der Waals surface area contributed by atoms with Gasteiger partial charge < -0.3 is 10.6 Å². The molecule has 0 heterocycles. The van der Waals surface area contributed by atoms with E-state index in [0.29, 0.717) is 27.4 Å². The van der Waals surface area contributed by atoms with Gasteiger partial charge in [-0.25, -0.2) is 13.1 Å². The molecule has 1 aliphatic rings. The van der Waals surface area contributed by atoms with Crippen molar-refractivity contribution in [2.45, 2.75) is 44.4 Å². The van der Waals surface area contributed by atoms with Crippen LogP contribution >= 0.6 is 11.6 Å². The molecular weight excluding hydrogens is 450 g/mol. The van der Waals surface area contributed by atoms with E-state index >= 15 is 0 Å². The average molecular weight is 478 g/mol. The van der Waals surface area contributed by atoms with E-state index in [9.17, 15) is 18.0 Å². The Morgan fingerprint density at radius 3 is 2.31 bits per heavy atom. The lowest BCUT2D eigenvalue weighted by atomic mass is 10.1. The molecule has 0 saturated heterocycles. The monoisotopic (exact) mass is 477 g/mol. The van der Waals surface area contributed by atoms with Crippen molar-refractivity contribution >= 4 is 39.1 Å². The van der Waals surface area contributed by atoms with Gasteiger partial charge >= 0.3 is 0 Å². The molecule has 3 rings (SSSR count). The Balaban J connectivity index is 1.48. The molecule has 0 spiro atoms. The highest BCUT2D eigenvalue weighted by Gasteiger charge is 2.22. The fraction of sp³-hybridized carbons (Fsp3) is 0.391. The van der Waals surface area contributed by atoms with E-state index in [0.717, 1.165) is 25.7 Å². The highest BCUT2D eigenvalue weighted by Crippen LogP contribution is 2.26. The standard InChI is InChI=1S/C23H28ClN3O4S/c1-15-14-21(16(2)13-20(15)24)32(30,31)26-12-11-25-22(28)18-7-9-19(10-8-18)27-23(29)17-5-3-4-6-17/h7-10,13-14,17,26H,3-6,11-12H2,1-2H3,(H,25,28)(H,27,29). The van der Waals surface area contributed by atoms with Crippen molar-refractivity contribution in [3.05, 3.63) is 58.1 Å². The van der Waals surface area contributed by atoms with Gasteiger partial charge in [0, 0.05) is 35.3 Å². The minimum Gasteiger partial charge on any atom is -0.351 e. The van der Waals surface area contributed by atoms with Crippen LogP contribution in [0.5, 0.6) is 0 Å². The van der Waals surface area contributed by atoms with Gasteiger partial charge in [0.05, 0.1) is 4.90 Å². The molecule has 0 atom stereocenters. The lowest BCUT2D eigenvalue weighted by molar-refractivity contribution is -0.119. The van der Waals surface area contributed by atoms with Crippen LogP contribution in [0.25, 0.3) is 0 Å². The molecule has 32 heavy (non-hydrogen) atoms. The Kier molecular flexibility index (Phi) is 7.92. The topological polar surface area (TPSA) is 104 Å². The van der Waals surface area contributed by atoms with E-state index in [1.807, 2.05) is 0 Å². The summed E-state index contributed by atoms with van der Waals surface area (Å²) >= 11 is 6.04. The first-order chi connectivity index (χ1) is 15.2. The summed E-state index contributed by atoms with van der Waals surface area (Å²) < 4.78 is 27.6. The van der Waals surface area contributed by atoms with Crippen LogP contribution < -0.4 is 15.4 Å². The normalized spacial score (nSPS) is 14.3. The Morgan fingerprint density at radius 1 is 1.00 bits per heavy atom. The number of benzene rings is 2. The smallest absolute Gasteiger partial charge is 0.251 e. The third-order valence-electron chi connectivity index (χ3n) is 5.59. The van der Waals surface area contributed by atoms with Gasteiger partial charge in [0.1, 0.15) is 0 Å². The molecule has 0 radical (unpaired) electrons. The van der Waals surface area contributed by atoms with E-state index in [2.05, 4.69) is 15.4 Å². The van der Waals surface area contributed by atoms with Crippen LogP contribution in [-0.2, 0) is 14.8 Å². The molecule has 0 aromatic heterocycles. The zero-order chi connectivity index (χ0) is 23.3. The molecule has 2 aromatic carbocycles. The zero-order valence-electron chi connectivity index (χ0n) is 18.2. The molecule has 172 valence electrons. The second kappa shape index (κ2) is 10.5. The Labute approximate surface area is 194 Å². The number of nitrogens with one attached hydrogen (secondary N) is 3. The van der Waals surface area contributed by atoms with Crippen LogP contribution in [-0.4, -0.2) is 33.3 Å². The van der Waals surface area contributed by atoms with Crippen molar-refractivity contribution < 1.29 is 18.0 Å².